The molecular weight excluding hydrogens is 1050 g/mol. The molecule has 4 N–H and O–H groups in total. The van der Waals surface area contributed by atoms with Gasteiger partial charge >= 0.3 is 0 Å². The summed E-state index contributed by atoms with van der Waals surface area (Å²) in [6.45, 7) is 27.2. The van der Waals surface area contributed by atoms with Crippen LogP contribution in [0.1, 0.15) is 106 Å². The van der Waals surface area contributed by atoms with Crippen molar-refractivity contribution < 1.29 is 25.2 Å². The Morgan fingerprint density at radius 3 is 1.09 bits per heavy atom. The van der Waals surface area contributed by atoms with Gasteiger partial charge in [0.1, 0.15) is 35.2 Å². The maximum Gasteiger partial charge on any atom is 0.126 e. The van der Waals surface area contributed by atoms with E-state index in [9.17, 15) is 10.2 Å². The van der Waals surface area contributed by atoms with Crippen molar-refractivity contribution in [2.24, 2.45) is 11.8 Å². The molecule has 0 amide bonds. The Morgan fingerprint density at radius 1 is 0.455 bits per heavy atom. The zero-order valence-electron chi connectivity index (χ0n) is 46.3. The quantitative estimate of drug-likeness (QED) is 0.125. The van der Waals surface area contributed by atoms with E-state index in [0.717, 1.165) is 146 Å². The van der Waals surface area contributed by atoms with Crippen LogP contribution in [0.15, 0.2) is 109 Å². The predicted molar refractivity (Wildman–Crippen MR) is 322 cm³/mol. The zero-order chi connectivity index (χ0) is 52.2. The van der Waals surface area contributed by atoms with Crippen molar-refractivity contribution in [3.05, 3.63) is 186 Å². The second kappa shape index (κ2) is 27.6. The van der Waals surface area contributed by atoms with Crippen LogP contribution in [0, 0.1) is 53.4 Å². The summed E-state index contributed by atoms with van der Waals surface area (Å²) in [6, 6.07) is 38.7. The van der Waals surface area contributed by atoms with Crippen molar-refractivity contribution in [2.75, 3.05) is 65.4 Å². The number of nitrogens with zero attached hydrogens (tertiary/aromatic N) is 4. The Balaban J connectivity index is 0.000000240. The summed E-state index contributed by atoms with van der Waals surface area (Å²) in [5.41, 5.74) is 13.6. The summed E-state index contributed by atoms with van der Waals surface area (Å²) in [7, 11) is 0. The first-order valence-corrected chi connectivity index (χ1v) is 27.9. The molecule has 9 nitrogen and oxygen atoms in total. The Bertz CT molecular complexity index is 2650. The van der Waals surface area contributed by atoms with E-state index in [0.29, 0.717) is 23.3 Å². The van der Waals surface area contributed by atoms with Crippen LogP contribution < -0.4 is 9.47 Å². The van der Waals surface area contributed by atoms with Gasteiger partial charge in [0.15, 0.2) is 0 Å². The van der Waals surface area contributed by atoms with Gasteiger partial charge in [0, 0.05) is 98.5 Å². The van der Waals surface area contributed by atoms with Gasteiger partial charge in [-0.25, -0.2) is 0 Å². The minimum Gasteiger partial charge on any atom is -0.507 e. The Kier molecular flexibility index (Phi) is 22.1. The standard InChI is InChI=1S/2C32H39ClN2O2.2ClH.H2O/c2*1-21(29-15-14-28-24(4)31(36)22(2)23(3)32(28)37-29)20-34-16-18-35(19-17-34)30(25-8-6-5-7-9-25)26-10-12-27(33)13-11-26;;;/h2*5-13,21,29-30,36H,14-20H2,1-4H3;2*1H;1H2. The fraction of sp³-hybridized carbons (Fsp3) is 0.438. The van der Waals surface area contributed by atoms with Gasteiger partial charge in [-0.3, -0.25) is 9.80 Å². The van der Waals surface area contributed by atoms with Crippen molar-refractivity contribution in [1.29, 1.82) is 0 Å². The number of halogens is 4. The highest BCUT2D eigenvalue weighted by Crippen LogP contribution is 2.44. The normalized spacial score (nSPS) is 19.4. The third-order valence-corrected chi connectivity index (χ3v) is 17.6. The molecule has 13 heteroatoms. The Morgan fingerprint density at radius 2 is 0.766 bits per heavy atom. The Hall–Kier alpha value is -4.52. The van der Waals surface area contributed by atoms with Crippen LogP contribution in [-0.4, -0.2) is 113 Å². The summed E-state index contributed by atoms with van der Waals surface area (Å²) in [4.78, 5) is 10.4. The van der Waals surface area contributed by atoms with Crippen molar-refractivity contribution >= 4 is 48.0 Å². The number of rotatable bonds is 12. The number of aromatic hydroxyl groups is 2. The van der Waals surface area contributed by atoms with Gasteiger partial charge in [-0.05, 0) is 147 Å². The van der Waals surface area contributed by atoms with E-state index < -0.39 is 0 Å². The second-order valence-corrected chi connectivity index (χ2v) is 22.7. The van der Waals surface area contributed by atoms with Crippen LogP contribution in [0.5, 0.6) is 23.0 Å². The summed E-state index contributed by atoms with van der Waals surface area (Å²) in [6.07, 6.45) is 4.36. The van der Waals surface area contributed by atoms with Crippen LogP contribution in [0.2, 0.25) is 10.0 Å². The van der Waals surface area contributed by atoms with Gasteiger partial charge in [-0.1, -0.05) is 122 Å². The molecule has 4 aliphatic heterocycles. The predicted octanol–water partition coefficient (Wildman–Crippen LogP) is 13.4. The number of phenolic OH excluding ortho intramolecular Hbond substituents is 2. The van der Waals surface area contributed by atoms with Gasteiger partial charge in [-0.15, -0.1) is 24.8 Å². The molecule has 6 unspecified atom stereocenters. The third-order valence-electron chi connectivity index (χ3n) is 17.1. The van der Waals surface area contributed by atoms with E-state index in [2.05, 4.69) is 132 Å². The molecule has 2 saturated heterocycles. The van der Waals surface area contributed by atoms with Crippen LogP contribution in [0.25, 0.3) is 0 Å². The number of benzene rings is 6. The van der Waals surface area contributed by atoms with Gasteiger partial charge in [0.25, 0.3) is 0 Å². The summed E-state index contributed by atoms with van der Waals surface area (Å²) >= 11 is 12.4. The van der Waals surface area contributed by atoms with Crippen LogP contribution in [0.3, 0.4) is 0 Å². The lowest BCUT2D eigenvalue weighted by Crippen LogP contribution is -2.50. The van der Waals surface area contributed by atoms with E-state index in [1.165, 1.54) is 33.4 Å². The first-order chi connectivity index (χ1) is 35.7. The molecule has 0 aliphatic carbocycles. The molecule has 6 aromatic carbocycles. The van der Waals surface area contributed by atoms with Crippen molar-refractivity contribution in [2.45, 2.75) is 105 Å². The molecule has 6 atom stereocenters. The SMILES string of the molecule is Cc1c(C)c2c(c(C)c1O)CCC(C(C)CN1CCN(C(c3ccccc3)c3ccc(Cl)cc3)CC1)O2.Cc1c(C)c2c(c(C)c1O)CCC(C(C)CN1CCN(C(c3ccccc3)c3ccc(Cl)cc3)CC1)O2.Cl.Cl.O. The maximum atomic E-state index is 10.5. The molecule has 0 spiro atoms. The number of hydrogen-bond donors (Lipinski definition) is 2. The number of phenols is 2. The van der Waals surface area contributed by atoms with E-state index in [1.54, 1.807) is 0 Å². The van der Waals surface area contributed by atoms with Crippen molar-refractivity contribution in [1.82, 2.24) is 19.6 Å². The van der Waals surface area contributed by atoms with E-state index >= 15 is 0 Å². The monoisotopic (exact) mass is 1130 g/mol. The van der Waals surface area contributed by atoms with E-state index in [1.807, 2.05) is 52.0 Å². The highest BCUT2D eigenvalue weighted by atomic mass is 35.5. The summed E-state index contributed by atoms with van der Waals surface area (Å²) < 4.78 is 13.2. The van der Waals surface area contributed by atoms with Gasteiger partial charge < -0.3 is 35.0 Å². The van der Waals surface area contributed by atoms with Crippen molar-refractivity contribution in [3.8, 4) is 23.0 Å². The molecule has 0 radical (unpaired) electrons. The lowest BCUT2D eigenvalue weighted by Gasteiger charge is -2.41. The topological polar surface area (TPSA) is 103 Å². The minimum absolute atomic E-state index is 0. The van der Waals surface area contributed by atoms with E-state index in [-0.39, 0.29) is 54.6 Å². The molecule has 4 aliphatic rings. The summed E-state index contributed by atoms with van der Waals surface area (Å²) in [5.74, 6) is 3.75. The van der Waals surface area contributed by atoms with Crippen LogP contribution >= 0.6 is 48.0 Å². The highest BCUT2D eigenvalue weighted by Gasteiger charge is 2.34. The average Bonchev–Trinajstić information content (AvgIpc) is 3.44. The van der Waals surface area contributed by atoms with E-state index in [4.69, 9.17) is 32.7 Å². The molecular formula is C64H82Cl4N4O5. The zero-order valence-corrected chi connectivity index (χ0v) is 49.5. The minimum atomic E-state index is 0. The molecule has 6 aromatic rings. The lowest BCUT2D eigenvalue weighted by atomic mass is 9.88. The van der Waals surface area contributed by atoms with Crippen LogP contribution in [-0.2, 0) is 12.8 Å². The number of ether oxygens (including phenoxy) is 2. The van der Waals surface area contributed by atoms with Gasteiger partial charge in [0.05, 0.1) is 12.1 Å². The molecule has 0 aromatic heterocycles. The third kappa shape index (κ3) is 13.9. The fourth-order valence-electron chi connectivity index (χ4n) is 12.3. The average molecular weight is 1130 g/mol. The van der Waals surface area contributed by atoms with Crippen LogP contribution in [0.4, 0.5) is 0 Å². The first kappa shape index (κ1) is 61.7. The molecule has 10 rings (SSSR count). The Labute approximate surface area is 481 Å². The second-order valence-electron chi connectivity index (χ2n) is 21.8. The first-order valence-electron chi connectivity index (χ1n) is 27.2. The molecule has 77 heavy (non-hydrogen) atoms. The number of fused-ring (bicyclic) bond motifs is 2. The van der Waals surface area contributed by atoms with Gasteiger partial charge in [0.2, 0.25) is 0 Å². The molecule has 2 fully saturated rings. The fourth-order valence-corrected chi connectivity index (χ4v) is 12.6. The van der Waals surface area contributed by atoms with Crippen molar-refractivity contribution in [3.63, 3.8) is 0 Å². The smallest absolute Gasteiger partial charge is 0.126 e. The molecule has 0 saturated carbocycles. The largest absolute Gasteiger partial charge is 0.507 e. The maximum absolute atomic E-state index is 10.5. The lowest BCUT2D eigenvalue weighted by molar-refractivity contribution is 0.0592. The number of piperazine rings is 2. The highest BCUT2D eigenvalue weighted by molar-refractivity contribution is 6.30. The number of hydrogen-bond acceptors (Lipinski definition) is 8. The molecule has 416 valence electrons. The molecule has 4 heterocycles. The van der Waals surface area contributed by atoms with Gasteiger partial charge in [-0.2, -0.15) is 0 Å². The molecule has 0 bridgehead atoms. The summed E-state index contributed by atoms with van der Waals surface area (Å²) in [5, 5.41) is 22.5.